The van der Waals surface area contributed by atoms with Crippen LogP contribution >= 0.6 is 12.2 Å². The van der Waals surface area contributed by atoms with E-state index in [0.717, 1.165) is 12.8 Å². The summed E-state index contributed by atoms with van der Waals surface area (Å²) >= 11 is 5.04. The minimum atomic E-state index is 0.0459. The first-order valence-corrected chi connectivity index (χ1v) is 9.00. The molecule has 21 heavy (non-hydrogen) atoms. The van der Waals surface area contributed by atoms with Crippen molar-refractivity contribution in [1.82, 2.24) is 10.2 Å². The SMILES string of the molecule is CCCCCCCCCCCCCC(=O)NC(=S)N(C)C. The highest BCUT2D eigenvalue weighted by Gasteiger charge is 2.05. The van der Waals surface area contributed by atoms with Crippen LogP contribution in [0.2, 0.25) is 0 Å². The number of hydrogen-bond acceptors (Lipinski definition) is 2. The van der Waals surface area contributed by atoms with Crippen molar-refractivity contribution in [3.05, 3.63) is 0 Å². The molecule has 0 saturated carbocycles. The fraction of sp³-hybridized carbons (Fsp3) is 0.882. The maximum Gasteiger partial charge on any atom is 0.226 e. The molecular weight excluding hydrogens is 280 g/mol. The Kier molecular flexibility index (Phi) is 13.9. The van der Waals surface area contributed by atoms with Crippen LogP contribution in [0, 0.1) is 0 Å². The van der Waals surface area contributed by atoms with E-state index >= 15 is 0 Å². The van der Waals surface area contributed by atoms with Crippen LogP contribution < -0.4 is 5.32 Å². The van der Waals surface area contributed by atoms with Crippen LogP contribution in [0.1, 0.15) is 84.0 Å². The topological polar surface area (TPSA) is 32.3 Å². The van der Waals surface area contributed by atoms with Crippen molar-refractivity contribution < 1.29 is 4.79 Å². The predicted molar refractivity (Wildman–Crippen MR) is 95.5 cm³/mol. The van der Waals surface area contributed by atoms with E-state index in [1.54, 1.807) is 4.90 Å². The summed E-state index contributed by atoms with van der Waals surface area (Å²) in [6.07, 6.45) is 14.9. The van der Waals surface area contributed by atoms with Gasteiger partial charge in [-0.3, -0.25) is 4.79 Å². The third-order valence-corrected chi connectivity index (χ3v) is 4.13. The van der Waals surface area contributed by atoms with Crippen LogP contribution in [0.25, 0.3) is 0 Å². The highest BCUT2D eigenvalue weighted by Crippen LogP contribution is 2.11. The molecule has 0 rings (SSSR count). The Balaban J connectivity index is 3.25. The Morgan fingerprint density at radius 2 is 1.29 bits per heavy atom. The summed E-state index contributed by atoms with van der Waals surface area (Å²) in [5.74, 6) is 0.0459. The lowest BCUT2D eigenvalue weighted by atomic mass is 10.1. The number of hydrogen-bond donors (Lipinski definition) is 1. The standard InChI is InChI=1S/C17H34N2OS/c1-4-5-6-7-8-9-10-11-12-13-14-15-16(20)18-17(21)19(2)3/h4-15H2,1-3H3,(H,18,20,21). The molecule has 124 valence electrons. The Hall–Kier alpha value is -0.640. The zero-order valence-electron chi connectivity index (χ0n) is 14.2. The van der Waals surface area contributed by atoms with Crippen molar-refractivity contribution in [2.75, 3.05) is 14.1 Å². The Labute approximate surface area is 136 Å². The van der Waals surface area contributed by atoms with Crippen molar-refractivity contribution in [2.45, 2.75) is 84.0 Å². The molecule has 1 N–H and O–H groups in total. The number of nitrogens with one attached hydrogen (secondary N) is 1. The van der Waals surface area contributed by atoms with Gasteiger partial charge in [0.1, 0.15) is 0 Å². The number of nitrogens with zero attached hydrogens (tertiary/aromatic N) is 1. The van der Waals surface area contributed by atoms with Crippen molar-refractivity contribution in [3.8, 4) is 0 Å². The Morgan fingerprint density at radius 3 is 1.71 bits per heavy atom. The van der Waals surface area contributed by atoms with Gasteiger partial charge in [-0.2, -0.15) is 0 Å². The molecule has 0 aliphatic carbocycles. The fourth-order valence-corrected chi connectivity index (χ4v) is 2.36. The molecule has 4 heteroatoms. The number of amides is 1. The minimum Gasteiger partial charge on any atom is -0.355 e. The smallest absolute Gasteiger partial charge is 0.226 e. The van der Waals surface area contributed by atoms with E-state index in [1.807, 2.05) is 14.1 Å². The quantitative estimate of drug-likeness (QED) is 0.420. The van der Waals surface area contributed by atoms with Gasteiger partial charge in [-0.1, -0.05) is 71.1 Å². The van der Waals surface area contributed by atoms with E-state index < -0.39 is 0 Å². The summed E-state index contributed by atoms with van der Waals surface area (Å²) in [6.45, 7) is 2.26. The largest absolute Gasteiger partial charge is 0.355 e. The zero-order chi connectivity index (χ0) is 15.9. The molecule has 0 atom stereocenters. The van der Waals surface area contributed by atoms with Crippen LogP contribution in [0.5, 0.6) is 0 Å². The molecule has 0 radical (unpaired) electrons. The van der Waals surface area contributed by atoms with Gasteiger partial charge in [0, 0.05) is 20.5 Å². The monoisotopic (exact) mass is 314 g/mol. The molecule has 0 aromatic carbocycles. The van der Waals surface area contributed by atoms with Gasteiger partial charge in [0.15, 0.2) is 5.11 Å². The molecule has 0 spiro atoms. The lowest BCUT2D eigenvalue weighted by Gasteiger charge is -2.14. The summed E-state index contributed by atoms with van der Waals surface area (Å²) in [4.78, 5) is 13.3. The second-order valence-electron chi connectivity index (χ2n) is 6.03. The van der Waals surface area contributed by atoms with Crippen LogP contribution in [0.15, 0.2) is 0 Å². The first kappa shape index (κ1) is 20.4. The van der Waals surface area contributed by atoms with Crippen LogP contribution in [-0.2, 0) is 4.79 Å². The van der Waals surface area contributed by atoms with E-state index in [0.29, 0.717) is 11.5 Å². The fourth-order valence-electron chi connectivity index (χ4n) is 2.24. The molecular formula is C17H34N2OS. The van der Waals surface area contributed by atoms with E-state index in [-0.39, 0.29) is 5.91 Å². The van der Waals surface area contributed by atoms with Gasteiger partial charge in [-0.25, -0.2) is 0 Å². The first-order chi connectivity index (χ1) is 10.1. The molecule has 0 fully saturated rings. The second-order valence-corrected chi connectivity index (χ2v) is 6.42. The molecule has 3 nitrogen and oxygen atoms in total. The lowest BCUT2D eigenvalue weighted by Crippen LogP contribution is -2.38. The molecule has 0 aromatic rings. The van der Waals surface area contributed by atoms with Crippen molar-refractivity contribution in [2.24, 2.45) is 0 Å². The average Bonchev–Trinajstić information content (AvgIpc) is 2.44. The van der Waals surface area contributed by atoms with Gasteiger partial charge in [0.25, 0.3) is 0 Å². The van der Waals surface area contributed by atoms with Crippen molar-refractivity contribution >= 4 is 23.2 Å². The third kappa shape index (κ3) is 14.1. The van der Waals surface area contributed by atoms with Gasteiger partial charge in [-0.05, 0) is 18.6 Å². The normalized spacial score (nSPS) is 10.4. The number of carbonyl (C=O) groups excluding carboxylic acids is 1. The first-order valence-electron chi connectivity index (χ1n) is 8.59. The molecule has 0 heterocycles. The van der Waals surface area contributed by atoms with E-state index in [1.165, 1.54) is 57.8 Å². The summed E-state index contributed by atoms with van der Waals surface area (Å²) < 4.78 is 0. The molecule has 0 saturated heterocycles. The van der Waals surface area contributed by atoms with Gasteiger partial charge in [0.2, 0.25) is 5.91 Å². The van der Waals surface area contributed by atoms with Crippen LogP contribution in [0.4, 0.5) is 0 Å². The summed E-state index contributed by atoms with van der Waals surface area (Å²) in [5.41, 5.74) is 0. The third-order valence-electron chi connectivity index (χ3n) is 3.66. The molecule has 0 aliphatic rings. The highest BCUT2D eigenvalue weighted by molar-refractivity contribution is 7.80. The van der Waals surface area contributed by atoms with Gasteiger partial charge >= 0.3 is 0 Å². The number of rotatable bonds is 12. The van der Waals surface area contributed by atoms with E-state index in [9.17, 15) is 4.79 Å². The molecule has 0 bridgehead atoms. The molecule has 1 amide bonds. The number of carbonyl (C=O) groups is 1. The predicted octanol–water partition coefficient (Wildman–Crippen LogP) is 4.65. The van der Waals surface area contributed by atoms with Gasteiger partial charge in [-0.15, -0.1) is 0 Å². The zero-order valence-corrected chi connectivity index (χ0v) is 15.1. The summed E-state index contributed by atoms with van der Waals surface area (Å²) in [7, 11) is 3.68. The Bertz CT molecular complexity index is 280. The van der Waals surface area contributed by atoms with E-state index in [2.05, 4.69) is 12.2 Å². The van der Waals surface area contributed by atoms with E-state index in [4.69, 9.17) is 12.2 Å². The van der Waals surface area contributed by atoms with Gasteiger partial charge in [0.05, 0.1) is 0 Å². The average molecular weight is 315 g/mol. The number of unbranched alkanes of at least 4 members (excludes halogenated alkanes) is 10. The van der Waals surface area contributed by atoms with Crippen molar-refractivity contribution in [3.63, 3.8) is 0 Å². The van der Waals surface area contributed by atoms with Crippen molar-refractivity contribution in [1.29, 1.82) is 0 Å². The van der Waals surface area contributed by atoms with Crippen LogP contribution in [0.3, 0.4) is 0 Å². The summed E-state index contributed by atoms with van der Waals surface area (Å²) in [6, 6.07) is 0. The molecule has 0 unspecified atom stereocenters. The maximum atomic E-state index is 11.6. The second kappa shape index (κ2) is 14.3. The highest BCUT2D eigenvalue weighted by atomic mass is 32.1. The maximum absolute atomic E-state index is 11.6. The van der Waals surface area contributed by atoms with Gasteiger partial charge < -0.3 is 10.2 Å². The summed E-state index contributed by atoms with van der Waals surface area (Å²) in [5, 5.41) is 3.24. The Morgan fingerprint density at radius 1 is 0.857 bits per heavy atom. The number of thiocarbonyl (C=S) groups is 1. The molecule has 0 aromatic heterocycles. The minimum absolute atomic E-state index is 0.0459. The van der Waals surface area contributed by atoms with Crippen LogP contribution in [-0.4, -0.2) is 30.0 Å². The molecule has 0 aliphatic heterocycles. The lowest BCUT2D eigenvalue weighted by molar-refractivity contribution is -0.119.